The number of anilines is 3. The summed E-state index contributed by atoms with van der Waals surface area (Å²) in [5.41, 5.74) is 7.42. The molecule has 0 radical (unpaired) electrons. The van der Waals surface area contributed by atoms with Crippen LogP contribution in [0.2, 0.25) is 0 Å². The summed E-state index contributed by atoms with van der Waals surface area (Å²) in [4.78, 5) is 8.12. The van der Waals surface area contributed by atoms with E-state index in [1.165, 1.54) is 18.3 Å². The van der Waals surface area contributed by atoms with Crippen LogP contribution in [-0.2, 0) is 0 Å². The third kappa shape index (κ3) is 2.25. The van der Waals surface area contributed by atoms with Crippen molar-refractivity contribution in [3.8, 4) is 0 Å². The van der Waals surface area contributed by atoms with Crippen molar-refractivity contribution >= 4 is 17.3 Å². The lowest BCUT2D eigenvalue weighted by Crippen LogP contribution is -2.01. The maximum absolute atomic E-state index is 12.9. The maximum atomic E-state index is 12.9. The zero-order valence-corrected chi connectivity index (χ0v) is 8.74. The van der Waals surface area contributed by atoms with E-state index in [1.807, 2.05) is 0 Å². The number of hydrogen-bond acceptors (Lipinski definition) is 4. The zero-order chi connectivity index (χ0) is 11.5. The highest BCUT2D eigenvalue weighted by molar-refractivity contribution is 5.54. The minimum atomic E-state index is -0.308. The summed E-state index contributed by atoms with van der Waals surface area (Å²) >= 11 is 0. The molecule has 0 aliphatic rings. The van der Waals surface area contributed by atoms with Crippen LogP contribution in [-0.4, -0.2) is 9.97 Å². The molecule has 0 saturated carbocycles. The van der Waals surface area contributed by atoms with E-state index in [4.69, 9.17) is 5.73 Å². The van der Waals surface area contributed by atoms with Gasteiger partial charge in [0.05, 0.1) is 17.6 Å². The lowest BCUT2D eigenvalue weighted by Gasteiger charge is -2.06. The van der Waals surface area contributed by atoms with Crippen LogP contribution >= 0.6 is 0 Å². The van der Waals surface area contributed by atoms with E-state index in [0.717, 1.165) is 0 Å². The highest BCUT2D eigenvalue weighted by atomic mass is 19.1. The Morgan fingerprint density at radius 3 is 2.88 bits per heavy atom. The van der Waals surface area contributed by atoms with Crippen molar-refractivity contribution in [3.05, 3.63) is 42.0 Å². The van der Waals surface area contributed by atoms with E-state index < -0.39 is 0 Å². The van der Waals surface area contributed by atoms with Crippen LogP contribution in [0.15, 0.2) is 30.5 Å². The van der Waals surface area contributed by atoms with Gasteiger partial charge in [0.2, 0.25) is 5.95 Å². The maximum Gasteiger partial charge on any atom is 0.227 e. The number of nitrogens with two attached hydrogens (primary N) is 1. The van der Waals surface area contributed by atoms with E-state index >= 15 is 0 Å². The van der Waals surface area contributed by atoms with Crippen LogP contribution in [0.4, 0.5) is 21.7 Å². The predicted octanol–water partition coefficient (Wildman–Crippen LogP) is 2.25. The molecule has 0 spiro atoms. The molecule has 2 rings (SSSR count). The summed E-state index contributed by atoms with van der Waals surface area (Å²) in [6.45, 7) is 1.79. The molecule has 3 N–H and O–H groups in total. The van der Waals surface area contributed by atoms with Gasteiger partial charge in [0.1, 0.15) is 5.82 Å². The van der Waals surface area contributed by atoms with Crippen LogP contribution in [0, 0.1) is 12.7 Å². The smallest absolute Gasteiger partial charge is 0.227 e. The number of benzene rings is 1. The van der Waals surface area contributed by atoms with Crippen molar-refractivity contribution < 1.29 is 4.39 Å². The molecule has 0 aliphatic heterocycles. The van der Waals surface area contributed by atoms with Gasteiger partial charge < -0.3 is 11.1 Å². The molecule has 0 saturated heterocycles. The van der Waals surface area contributed by atoms with Gasteiger partial charge in [-0.2, -0.15) is 0 Å². The highest BCUT2D eigenvalue weighted by Crippen LogP contribution is 2.15. The monoisotopic (exact) mass is 218 g/mol. The Bertz CT molecular complexity index is 513. The Labute approximate surface area is 92.3 Å². The number of hydrogen-bond donors (Lipinski definition) is 2. The van der Waals surface area contributed by atoms with Crippen molar-refractivity contribution in [2.24, 2.45) is 0 Å². The summed E-state index contributed by atoms with van der Waals surface area (Å²) in [5.74, 6) is 0.0921. The first-order valence-corrected chi connectivity index (χ1v) is 4.77. The molecular weight excluding hydrogens is 207 g/mol. The summed E-state index contributed by atoms with van der Waals surface area (Å²) in [6, 6.07) is 6.09. The fraction of sp³-hybridized carbons (Fsp3) is 0.0909. The predicted molar refractivity (Wildman–Crippen MR) is 60.9 cm³/mol. The summed E-state index contributed by atoms with van der Waals surface area (Å²) < 4.78 is 12.9. The van der Waals surface area contributed by atoms with Crippen LogP contribution in [0.1, 0.15) is 5.69 Å². The summed E-state index contributed by atoms with van der Waals surface area (Å²) in [7, 11) is 0. The Morgan fingerprint density at radius 1 is 1.38 bits per heavy atom. The van der Waals surface area contributed by atoms with Crippen molar-refractivity contribution in [3.63, 3.8) is 0 Å². The molecule has 0 bridgehead atoms. The Hall–Kier alpha value is -2.17. The van der Waals surface area contributed by atoms with Gasteiger partial charge in [-0.15, -0.1) is 0 Å². The highest BCUT2D eigenvalue weighted by Gasteiger charge is 2.01. The molecule has 1 aromatic heterocycles. The number of aryl methyl sites for hydroxylation is 1. The van der Waals surface area contributed by atoms with E-state index in [0.29, 0.717) is 23.0 Å². The fourth-order valence-electron chi connectivity index (χ4n) is 1.23. The first-order chi connectivity index (χ1) is 7.65. The van der Waals surface area contributed by atoms with Gasteiger partial charge in [-0.3, -0.25) is 0 Å². The fourth-order valence-corrected chi connectivity index (χ4v) is 1.23. The van der Waals surface area contributed by atoms with E-state index in [-0.39, 0.29) is 5.82 Å². The zero-order valence-electron chi connectivity index (χ0n) is 8.74. The standard InChI is InChI=1S/C11H11FN4/c1-7-10(13)6-14-11(15-7)16-9-4-2-3-8(12)5-9/h2-6H,13H2,1H3,(H,14,15,16). The van der Waals surface area contributed by atoms with Crippen molar-refractivity contribution in [2.45, 2.75) is 6.92 Å². The molecule has 2 aromatic rings. The van der Waals surface area contributed by atoms with Crippen LogP contribution in [0.25, 0.3) is 0 Å². The van der Waals surface area contributed by atoms with Gasteiger partial charge >= 0.3 is 0 Å². The molecular formula is C11H11FN4. The number of nitrogens with one attached hydrogen (secondary N) is 1. The van der Waals surface area contributed by atoms with Crippen LogP contribution in [0.5, 0.6) is 0 Å². The molecule has 0 unspecified atom stereocenters. The summed E-state index contributed by atoms with van der Waals surface area (Å²) in [6.07, 6.45) is 1.52. The number of halogens is 1. The molecule has 1 aromatic carbocycles. The largest absolute Gasteiger partial charge is 0.396 e. The average Bonchev–Trinajstić information content (AvgIpc) is 2.24. The first-order valence-electron chi connectivity index (χ1n) is 4.77. The van der Waals surface area contributed by atoms with Gasteiger partial charge in [-0.25, -0.2) is 14.4 Å². The quantitative estimate of drug-likeness (QED) is 0.811. The van der Waals surface area contributed by atoms with Crippen LogP contribution < -0.4 is 11.1 Å². The van der Waals surface area contributed by atoms with Gasteiger partial charge in [0, 0.05) is 5.69 Å². The Kier molecular flexibility index (Phi) is 2.68. The molecule has 1 heterocycles. The second-order valence-electron chi connectivity index (χ2n) is 3.37. The number of nitrogen functional groups attached to an aromatic ring is 1. The molecule has 16 heavy (non-hydrogen) atoms. The normalized spacial score (nSPS) is 10.1. The van der Waals surface area contributed by atoms with Crippen molar-refractivity contribution in [2.75, 3.05) is 11.1 Å². The minimum absolute atomic E-state index is 0.308. The average molecular weight is 218 g/mol. The van der Waals surface area contributed by atoms with Crippen molar-refractivity contribution in [1.29, 1.82) is 0 Å². The number of nitrogens with zero attached hydrogens (tertiary/aromatic N) is 2. The molecule has 0 atom stereocenters. The molecule has 0 fully saturated rings. The summed E-state index contributed by atoms with van der Waals surface area (Å²) in [5, 5.41) is 2.90. The first kappa shape index (κ1) is 10.4. The van der Waals surface area contributed by atoms with E-state index in [2.05, 4.69) is 15.3 Å². The topological polar surface area (TPSA) is 63.8 Å². The Morgan fingerprint density at radius 2 is 2.19 bits per heavy atom. The van der Waals surface area contributed by atoms with Crippen molar-refractivity contribution in [1.82, 2.24) is 9.97 Å². The number of aromatic nitrogens is 2. The lowest BCUT2D eigenvalue weighted by molar-refractivity contribution is 0.628. The SMILES string of the molecule is Cc1nc(Nc2cccc(F)c2)ncc1N. The second kappa shape index (κ2) is 4.14. The van der Waals surface area contributed by atoms with E-state index in [1.54, 1.807) is 19.1 Å². The minimum Gasteiger partial charge on any atom is -0.396 e. The van der Waals surface area contributed by atoms with Gasteiger partial charge in [-0.05, 0) is 25.1 Å². The third-order valence-corrected chi connectivity index (χ3v) is 2.10. The second-order valence-corrected chi connectivity index (χ2v) is 3.37. The lowest BCUT2D eigenvalue weighted by atomic mass is 10.3. The molecule has 82 valence electrons. The molecule has 4 nitrogen and oxygen atoms in total. The molecule has 0 aliphatic carbocycles. The Balaban J connectivity index is 2.24. The van der Waals surface area contributed by atoms with E-state index in [9.17, 15) is 4.39 Å². The third-order valence-electron chi connectivity index (χ3n) is 2.10. The number of rotatable bonds is 2. The molecule has 0 amide bonds. The molecule has 5 heteroatoms. The van der Waals surface area contributed by atoms with Gasteiger partial charge in [0.15, 0.2) is 0 Å². The van der Waals surface area contributed by atoms with Gasteiger partial charge in [0.25, 0.3) is 0 Å². The van der Waals surface area contributed by atoms with Gasteiger partial charge in [-0.1, -0.05) is 6.07 Å². The van der Waals surface area contributed by atoms with Crippen LogP contribution in [0.3, 0.4) is 0 Å².